The van der Waals surface area contributed by atoms with Gasteiger partial charge in [-0.2, -0.15) is 0 Å². The average Bonchev–Trinajstić information content (AvgIpc) is 2.80. The monoisotopic (exact) mass is 266 g/mol. The molecule has 2 heterocycles. The summed E-state index contributed by atoms with van der Waals surface area (Å²) < 4.78 is 2.17. The smallest absolute Gasteiger partial charge is 0.147 e. The van der Waals surface area contributed by atoms with Gasteiger partial charge in [0, 0.05) is 13.2 Å². The second-order valence-electron chi connectivity index (χ2n) is 5.70. The van der Waals surface area contributed by atoms with E-state index in [1.54, 1.807) is 0 Å². The molecular formula is C14H26N4O. The van der Waals surface area contributed by atoms with E-state index in [0.29, 0.717) is 6.61 Å². The second-order valence-corrected chi connectivity index (χ2v) is 5.70. The summed E-state index contributed by atoms with van der Waals surface area (Å²) in [6.07, 6.45) is 3.24. The molecule has 0 aromatic carbocycles. The van der Waals surface area contributed by atoms with Crippen molar-refractivity contribution in [2.45, 2.75) is 53.1 Å². The predicted molar refractivity (Wildman–Crippen MR) is 74.8 cm³/mol. The lowest BCUT2D eigenvalue weighted by Gasteiger charge is -2.40. The van der Waals surface area contributed by atoms with Gasteiger partial charge in [0.15, 0.2) is 0 Å². The van der Waals surface area contributed by atoms with Gasteiger partial charge in [0.05, 0.1) is 6.54 Å². The topological polar surface area (TPSA) is 54.2 Å². The molecule has 0 spiro atoms. The van der Waals surface area contributed by atoms with Crippen molar-refractivity contribution in [2.24, 2.45) is 5.41 Å². The molecule has 0 bridgehead atoms. The molecular weight excluding hydrogens is 240 g/mol. The maximum absolute atomic E-state index is 9.56. The molecule has 5 nitrogen and oxygen atoms in total. The van der Waals surface area contributed by atoms with Crippen molar-refractivity contribution in [1.82, 2.24) is 19.7 Å². The first-order chi connectivity index (χ1) is 9.14. The molecule has 1 aliphatic heterocycles. The summed E-state index contributed by atoms with van der Waals surface area (Å²) in [5.41, 5.74) is 0.158. The molecule has 2 rings (SSSR count). The molecule has 19 heavy (non-hydrogen) atoms. The van der Waals surface area contributed by atoms with Gasteiger partial charge in [-0.05, 0) is 51.6 Å². The average molecular weight is 266 g/mol. The number of piperidine rings is 1. The predicted octanol–water partition coefficient (Wildman–Crippen LogP) is 1.59. The van der Waals surface area contributed by atoms with Crippen LogP contribution in [0.2, 0.25) is 0 Å². The highest BCUT2D eigenvalue weighted by molar-refractivity contribution is 4.95. The number of likely N-dealkylation sites (tertiary alicyclic amines) is 1. The van der Waals surface area contributed by atoms with E-state index >= 15 is 0 Å². The van der Waals surface area contributed by atoms with Gasteiger partial charge in [-0.25, -0.2) is 0 Å². The quantitative estimate of drug-likeness (QED) is 0.879. The van der Waals surface area contributed by atoms with Crippen molar-refractivity contribution >= 4 is 0 Å². The fourth-order valence-electron chi connectivity index (χ4n) is 2.96. The van der Waals surface area contributed by atoms with Crippen LogP contribution in [0.1, 0.15) is 44.8 Å². The van der Waals surface area contributed by atoms with Gasteiger partial charge < -0.3 is 9.67 Å². The van der Waals surface area contributed by atoms with Crippen molar-refractivity contribution < 1.29 is 5.11 Å². The zero-order valence-electron chi connectivity index (χ0n) is 12.4. The summed E-state index contributed by atoms with van der Waals surface area (Å²) >= 11 is 0. The Bertz CT molecular complexity index is 402. The van der Waals surface area contributed by atoms with Crippen LogP contribution in [0, 0.1) is 12.3 Å². The Morgan fingerprint density at radius 2 is 1.89 bits per heavy atom. The van der Waals surface area contributed by atoms with Crippen LogP contribution in [0.3, 0.4) is 0 Å². The maximum atomic E-state index is 9.56. The summed E-state index contributed by atoms with van der Waals surface area (Å²) in [5, 5.41) is 18.0. The number of hydrogen-bond donors (Lipinski definition) is 1. The number of rotatable bonds is 5. The molecule has 108 valence electrons. The van der Waals surface area contributed by atoms with Crippen molar-refractivity contribution in [3.8, 4) is 0 Å². The van der Waals surface area contributed by atoms with Crippen LogP contribution >= 0.6 is 0 Å². The number of hydrogen-bond acceptors (Lipinski definition) is 4. The van der Waals surface area contributed by atoms with Crippen LogP contribution in [0.15, 0.2) is 0 Å². The Balaban J connectivity index is 1.95. The fraction of sp³-hybridized carbons (Fsp3) is 0.857. The molecule has 0 saturated carbocycles. The summed E-state index contributed by atoms with van der Waals surface area (Å²) in [6, 6.07) is 0. The number of aliphatic hydroxyl groups excluding tert-OH is 1. The first-order valence-electron chi connectivity index (χ1n) is 7.36. The van der Waals surface area contributed by atoms with E-state index in [1.807, 2.05) is 6.92 Å². The lowest BCUT2D eigenvalue weighted by atomic mass is 9.77. The minimum atomic E-state index is 0.158. The normalized spacial score (nSPS) is 19.8. The van der Waals surface area contributed by atoms with Crippen molar-refractivity contribution in [3.63, 3.8) is 0 Å². The number of nitrogens with zero attached hydrogens (tertiary/aromatic N) is 4. The molecule has 1 saturated heterocycles. The third-order valence-corrected chi connectivity index (χ3v) is 4.70. The second kappa shape index (κ2) is 6.01. The number of aryl methyl sites for hydroxylation is 1. The van der Waals surface area contributed by atoms with Crippen molar-refractivity contribution in [3.05, 3.63) is 11.6 Å². The molecule has 1 aliphatic rings. The molecule has 0 radical (unpaired) electrons. The van der Waals surface area contributed by atoms with E-state index in [9.17, 15) is 5.11 Å². The first-order valence-corrected chi connectivity index (χ1v) is 7.36. The van der Waals surface area contributed by atoms with Crippen LogP contribution < -0.4 is 0 Å². The molecule has 5 heteroatoms. The molecule has 0 aliphatic carbocycles. The van der Waals surface area contributed by atoms with Crippen molar-refractivity contribution in [1.29, 1.82) is 0 Å². The van der Waals surface area contributed by atoms with Gasteiger partial charge in [0.25, 0.3) is 0 Å². The Labute approximate surface area is 115 Å². The lowest BCUT2D eigenvalue weighted by molar-refractivity contribution is 0.0370. The van der Waals surface area contributed by atoms with E-state index in [-0.39, 0.29) is 5.41 Å². The number of aliphatic hydroxyl groups is 1. The van der Waals surface area contributed by atoms with E-state index in [0.717, 1.165) is 57.1 Å². The van der Waals surface area contributed by atoms with Gasteiger partial charge in [-0.15, -0.1) is 10.2 Å². The van der Waals surface area contributed by atoms with Gasteiger partial charge in [-0.3, -0.25) is 4.90 Å². The highest BCUT2D eigenvalue weighted by Gasteiger charge is 2.32. The van der Waals surface area contributed by atoms with Crippen LogP contribution in [-0.2, 0) is 13.1 Å². The van der Waals surface area contributed by atoms with E-state index in [4.69, 9.17) is 0 Å². The Kier molecular flexibility index (Phi) is 4.58. The molecule has 1 fully saturated rings. The lowest BCUT2D eigenvalue weighted by Crippen LogP contribution is -2.41. The Hall–Kier alpha value is -0.940. The molecule has 1 aromatic heterocycles. The van der Waals surface area contributed by atoms with Crippen LogP contribution in [0.25, 0.3) is 0 Å². The standard InChI is InChI=1S/C14H26N4O/c1-4-14(11-19)6-8-17(9-7-14)10-13-16-15-12(3)18(13)5-2/h19H,4-11H2,1-3H3. The summed E-state index contributed by atoms with van der Waals surface area (Å²) in [6.45, 7) is 10.5. The van der Waals surface area contributed by atoms with Crippen LogP contribution in [0.4, 0.5) is 0 Å². The molecule has 1 aromatic rings. The molecule has 0 unspecified atom stereocenters. The number of aromatic nitrogens is 3. The van der Waals surface area contributed by atoms with E-state index in [2.05, 4.69) is 33.5 Å². The minimum absolute atomic E-state index is 0.158. The molecule has 0 amide bonds. The van der Waals surface area contributed by atoms with E-state index in [1.165, 1.54) is 0 Å². The summed E-state index contributed by atoms with van der Waals surface area (Å²) in [5.74, 6) is 2.06. The largest absolute Gasteiger partial charge is 0.396 e. The van der Waals surface area contributed by atoms with E-state index < -0.39 is 0 Å². The summed E-state index contributed by atoms with van der Waals surface area (Å²) in [4.78, 5) is 2.43. The van der Waals surface area contributed by atoms with Crippen molar-refractivity contribution in [2.75, 3.05) is 19.7 Å². The highest BCUT2D eigenvalue weighted by Crippen LogP contribution is 2.34. The Morgan fingerprint density at radius 1 is 1.21 bits per heavy atom. The first kappa shape index (κ1) is 14.5. The van der Waals surface area contributed by atoms with Gasteiger partial charge >= 0.3 is 0 Å². The van der Waals surface area contributed by atoms with Gasteiger partial charge in [-0.1, -0.05) is 6.92 Å². The molecule has 1 N–H and O–H groups in total. The SMILES string of the molecule is CCn1c(C)nnc1CN1CCC(CC)(CO)CC1. The third kappa shape index (κ3) is 2.98. The molecule has 0 atom stereocenters. The third-order valence-electron chi connectivity index (χ3n) is 4.70. The highest BCUT2D eigenvalue weighted by atomic mass is 16.3. The maximum Gasteiger partial charge on any atom is 0.147 e. The zero-order valence-corrected chi connectivity index (χ0v) is 12.4. The Morgan fingerprint density at radius 3 is 2.42 bits per heavy atom. The zero-order chi connectivity index (χ0) is 13.9. The van der Waals surface area contributed by atoms with Crippen LogP contribution in [-0.4, -0.2) is 44.5 Å². The minimum Gasteiger partial charge on any atom is -0.396 e. The van der Waals surface area contributed by atoms with Crippen LogP contribution in [0.5, 0.6) is 0 Å². The fourth-order valence-corrected chi connectivity index (χ4v) is 2.96. The van der Waals surface area contributed by atoms with Gasteiger partial charge in [0.1, 0.15) is 11.6 Å². The summed E-state index contributed by atoms with van der Waals surface area (Å²) in [7, 11) is 0. The van der Waals surface area contributed by atoms with Gasteiger partial charge in [0.2, 0.25) is 0 Å².